The van der Waals surface area contributed by atoms with Gasteiger partial charge in [-0.1, -0.05) is 0 Å². The van der Waals surface area contributed by atoms with Gasteiger partial charge in [0.1, 0.15) is 5.58 Å². The second kappa shape index (κ2) is 10.6. The van der Waals surface area contributed by atoms with Crippen LogP contribution in [0.1, 0.15) is 34.0 Å². The van der Waals surface area contributed by atoms with E-state index in [2.05, 4.69) is 21.9 Å². The lowest BCUT2D eigenvalue weighted by atomic mass is 9.95. The minimum absolute atomic E-state index is 0.0959. The number of benzene rings is 2. The number of rotatable bonds is 5. The number of nitrogens with zero attached hydrogens (tertiary/aromatic N) is 2. The van der Waals surface area contributed by atoms with Gasteiger partial charge in [-0.3, -0.25) is 9.52 Å². The number of halogens is 3. The maximum Gasteiger partial charge on any atom is 0.573 e. The van der Waals surface area contributed by atoms with Crippen LogP contribution >= 0.6 is 0 Å². The summed E-state index contributed by atoms with van der Waals surface area (Å²) >= 11 is 0. The van der Waals surface area contributed by atoms with E-state index < -0.39 is 39.4 Å². The molecule has 0 unspecified atom stereocenters. The summed E-state index contributed by atoms with van der Waals surface area (Å²) in [5.41, 5.74) is 2.22. The Hall–Kier alpha value is -3.78. The summed E-state index contributed by atoms with van der Waals surface area (Å²) < 4.78 is 73.9. The van der Waals surface area contributed by atoms with Crippen molar-refractivity contribution in [2.75, 3.05) is 42.1 Å². The first-order valence-electron chi connectivity index (χ1n) is 12.9. The molecular formula is C27H29F3N4O6S. The lowest BCUT2D eigenvalue weighted by Crippen LogP contribution is -2.49. The maximum atomic E-state index is 13.3. The molecule has 0 saturated carbocycles. The van der Waals surface area contributed by atoms with Crippen LogP contribution in [0.25, 0.3) is 11.0 Å². The molecule has 1 aromatic heterocycles. The minimum Gasteiger partial charge on any atom is -0.422 e. The fourth-order valence-corrected chi connectivity index (χ4v) is 6.02. The number of aryl methyl sites for hydroxylation is 1. The van der Waals surface area contributed by atoms with Crippen molar-refractivity contribution in [2.45, 2.75) is 39.2 Å². The highest BCUT2D eigenvalue weighted by Crippen LogP contribution is 2.35. The number of sulfonamides is 1. The van der Waals surface area contributed by atoms with Crippen LogP contribution in [-0.4, -0.2) is 64.1 Å². The van der Waals surface area contributed by atoms with Gasteiger partial charge in [-0.15, -0.1) is 13.2 Å². The van der Waals surface area contributed by atoms with Gasteiger partial charge in [0.2, 0.25) is 10.0 Å². The Morgan fingerprint density at radius 3 is 2.61 bits per heavy atom. The third-order valence-corrected chi connectivity index (χ3v) is 7.83. The number of fused-ring (bicyclic) bond motifs is 3. The molecule has 0 spiro atoms. The van der Waals surface area contributed by atoms with E-state index in [-0.39, 0.29) is 18.7 Å². The summed E-state index contributed by atoms with van der Waals surface area (Å²) in [5, 5.41) is 4.19. The van der Waals surface area contributed by atoms with E-state index >= 15 is 0 Å². The first-order valence-corrected chi connectivity index (χ1v) is 14.8. The molecule has 5 rings (SSSR count). The van der Waals surface area contributed by atoms with Gasteiger partial charge in [0, 0.05) is 54.4 Å². The molecule has 0 bridgehead atoms. The number of amides is 1. The summed E-state index contributed by atoms with van der Waals surface area (Å²) in [6, 6.07) is 7.30. The quantitative estimate of drug-likeness (QED) is 0.432. The molecule has 1 amide bonds. The predicted molar refractivity (Wildman–Crippen MR) is 147 cm³/mol. The standard InChI is InChI=1S/C27H29F3N4O6S/c1-15-13-33(11-9-31-15)22-7-5-19-18-8-10-34(14-20(18)26(36)39-24(19)16(22)2)25(35)17-4-6-21(32-41(3,37)38)23(12-17)40-27(28,29)30/h4-7,12,15,31-32H,8-11,13-14H2,1-3H3/t15-/m0/s1. The van der Waals surface area contributed by atoms with Crippen LogP contribution in [0.2, 0.25) is 0 Å². The number of hydrogen-bond acceptors (Lipinski definition) is 8. The molecule has 14 heteroatoms. The smallest absolute Gasteiger partial charge is 0.422 e. The molecule has 10 nitrogen and oxygen atoms in total. The van der Waals surface area contributed by atoms with Gasteiger partial charge in [0.15, 0.2) is 5.75 Å². The van der Waals surface area contributed by atoms with Gasteiger partial charge in [-0.05, 0) is 56.2 Å². The fraction of sp³-hybridized carbons (Fsp3) is 0.407. The van der Waals surface area contributed by atoms with Crippen molar-refractivity contribution in [3.63, 3.8) is 0 Å². The zero-order chi connectivity index (χ0) is 29.7. The maximum absolute atomic E-state index is 13.3. The van der Waals surface area contributed by atoms with Gasteiger partial charge >= 0.3 is 12.0 Å². The average Bonchev–Trinajstić information content (AvgIpc) is 2.88. The molecule has 1 fully saturated rings. The monoisotopic (exact) mass is 594 g/mol. The van der Waals surface area contributed by atoms with Crippen molar-refractivity contribution in [3.05, 3.63) is 63.0 Å². The highest BCUT2D eigenvalue weighted by atomic mass is 32.2. The van der Waals surface area contributed by atoms with Crippen molar-refractivity contribution in [1.29, 1.82) is 0 Å². The van der Waals surface area contributed by atoms with Gasteiger partial charge < -0.3 is 24.3 Å². The number of carbonyl (C=O) groups is 1. The molecule has 1 atom stereocenters. The number of alkyl halides is 3. The molecule has 220 valence electrons. The summed E-state index contributed by atoms with van der Waals surface area (Å²) in [6.07, 6.45) is -4.01. The van der Waals surface area contributed by atoms with Crippen molar-refractivity contribution < 1.29 is 35.5 Å². The summed E-state index contributed by atoms with van der Waals surface area (Å²) in [4.78, 5) is 30.0. The number of ether oxygens (including phenoxy) is 1. The Bertz CT molecular complexity index is 1690. The van der Waals surface area contributed by atoms with E-state index in [4.69, 9.17) is 4.42 Å². The summed E-state index contributed by atoms with van der Waals surface area (Å²) in [6.45, 7) is 6.63. The van der Waals surface area contributed by atoms with Gasteiger partial charge in [-0.25, -0.2) is 13.2 Å². The molecule has 2 N–H and O–H groups in total. The van der Waals surface area contributed by atoms with Gasteiger partial charge in [0.25, 0.3) is 5.91 Å². The van der Waals surface area contributed by atoms with E-state index in [9.17, 15) is 31.2 Å². The normalized spacial score (nSPS) is 17.9. The Morgan fingerprint density at radius 2 is 1.93 bits per heavy atom. The van der Waals surface area contributed by atoms with Crippen LogP contribution < -0.4 is 25.3 Å². The van der Waals surface area contributed by atoms with E-state index in [0.717, 1.165) is 60.2 Å². The Labute approximate surface area is 234 Å². The molecule has 2 aromatic carbocycles. The van der Waals surface area contributed by atoms with Crippen LogP contribution in [-0.2, 0) is 23.0 Å². The van der Waals surface area contributed by atoms with Crippen molar-refractivity contribution in [2.24, 2.45) is 0 Å². The van der Waals surface area contributed by atoms with Crippen LogP contribution in [0.15, 0.2) is 39.5 Å². The topological polar surface area (TPSA) is 121 Å². The van der Waals surface area contributed by atoms with Gasteiger partial charge in [0.05, 0.1) is 24.1 Å². The number of nitrogens with one attached hydrogen (secondary N) is 2. The second-order valence-corrected chi connectivity index (χ2v) is 12.1. The first kappa shape index (κ1) is 28.7. The number of hydrogen-bond donors (Lipinski definition) is 2. The van der Waals surface area contributed by atoms with Crippen LogP contribution in [0, 0.1) is 6.92 Å². The number of anilines is 2. The highest BCUT2D eigenvalue weighted by Gasteiger charge is 2.34. The lowest BCUT2D eigenvalue weighted by molar-refractivity contribution is -0.274. The zero-order valence-corrected chi connectivity index (χ0v) is 23.4. The largest absolute Gasteiger partial charge is 0.573 e. The van der Waals surface area contributed by atoms with E-state index in [1.807, 2.05) is 23.8 Å². The van der Waals surface area contributed by atoms with E-state index in [1.54, 1.807) is 0 Å². The SMILES string of the molecule is Cc1c(N2CCN[C@@H](C)C2)ccc2c3c(c(=O)oc12)CN(C(=O)c1ccc(NS(C)(=O)=O)c(OC(F)(F)F)c1)CC3. The van der Waals surface area contributed by atoms with E-state index in [1.165, 1.54) is 11.0 Å². The second-order valence-electron chi connectivity index (χ2n) is 10.3. The third kappa shape index (κ3) is 6.12. The molecule has 0 radical (unpaired) electrons. The summed E-state index contributed by atoms with van der Waals surface area (Å²) in [5.74, 6) is -1.52. The molecule has 2 aliphatic rings. The Morgan fingerprint density at radius 1 is 1.17 bits per heavy atom. The Kier molecular flexibility index (Phi) is 7.40. The van der Waals surface area contributed by atoms with Crippen molar-refractivity contribution in [3.8, 4) is 5.75 Å². The highest BCUT2D eigenvalue weighted by molar-refractivity contribution is 7.92. The third-order valence-electron chi connectivity index (χ3n) is 7.23. The van der Waals surface area contributed by atoms with Crippen molar-refractivity contribution in [1.82, 2.24) is 10.2 Å². The lowest BCUT2D eigenvalue weighted by Gasteiger charge is -2.35. The molecule has 3 heterocycles. The molecular weight excluding hydrogens is 565 g/mol. The zero-order valence-electron chi connectivity index (χ0n) is 22.6. The van der Waals surface area contributed by atoms with Crippen LogP contribution in [0.4, 0.5) is 24.5 Å². The summed E-state index contributed by atoms with van der Waals surface area (Å²) in [7, 11) is -3.92. The molecule has 1 saturated heterocycles. The number of piperazine rings is 1. The molecule has 0 aliphatic carbocycles. The first-order chi connectivity index (χ1) is 19.2. The number of carbonyl (C=O) groups excluding carboxylic acids is 1. The average molecular weight is 595 g/mol. The van der Waals surface area contributed by atoms with E-state index in [0.29, 0.717) is 23.6 Å². The Balaban J connectivity index is 1.44. The molecule has 2 aliphatic heterocycles. The van der Waals surface area contributed by atoms with Crippen LogP contribution in [0.3, 0.4) is 0 Å². The van der Waals surface area contributed by atoms with Gasteiger partial charge in [-0.2, -0.15) is 0 Å². The van der Waals surface area contributed by atoms with Crippen LogP contribution in [0.5, 0.6) is 5.75 Å². The fourth-order valence-electron chi connectivity index (χ4n) is 5.45. The minimum atomic E-state index is -5.12. The van der Waals surface area contributed by atoms with Crippen molar-refractivity contribution >= 4 is 38.3 Å². The predicted octanol–water partition coefficient (Wildman–Crippen LogP) is 3.37. The molecule has 3 aromatic rings. The molecule has 41 heavy (non-hydrogen) atoms.